The third-order valence-electron chi connectivity index (χ3n) is 7.37. The van der Waals surface area contributed by atoms with Crippen molar-refractivity contribution in [3.63, 3.8) is 0 Å². The molecular weight excluding hydrogens is 534 g/mol. The van der Waals surface area contributed by atoms with Crippen LogP contribution >= 0.6 is 0 Å². The lowest BCUT2D eigenvalue weighted by molar-refractivity contribution is -0.384. The van der Waals surface area contributed by atoms with Crippen LogP contribution in [-0.4, -0.2) is 51.0 Å². The lowest BCUT2D eigenvalue weighted by atomic mass is 9.76. The molecule has 0 unspecified atom stereocenters. The average molecular weight is 560 g/mol. The van der Waals surface area contributed by atoms with Gasteiger partial charge in [-0.05, 0) is 73.7 Å². The predicted octanol–water partition coefficient (Wildman–Crippen LogP) is 4.07. The van der Waals surface area contributed by atoms with E-state index in [1.54, 1.807) is 0 Å². The summed E-state index contributed by atoms with van der Waals surface area (Å²) in [6, 6.07) is 13.2. The first-order valence-corrected chi connectivity index (χ1v) is 13.0. The van der Waals surface area contributed by atoms with Gasteiger partial charge in [0.15, 0.2) is 5.78 Å². The summed E-state index contributed by atoms with van der Waals surface area (Å²) < 4.78 is 10.2. The predicted molar refractivity (Wildman–Crippen MR) is 140 cm³/mol. The molecule has 1 aliphatic carbocycles. The van der Waals surface area contributed by atoms with Gasteiger partial charge in [-0.15, -0.1) is 0 Å². The molecule has 3 aromatic rings. The number of nitro benzene ring substituents is 1. The van der Waals surface area contributed by atoms with Crippen LogP contribution in [0.5, 0.6) is 5.75 Å². The number of ketones is 1. The van der Waals surface area contributed by atoms with Gasteiger partial charge in [-0.3, -0.25) is 29.3 Å². The first kappa shape index (κ1) is 27.4. The molecule has 12 nitrogen and oxygen atoms in total. The van der Waals surface area contributed by atoms with Crippen molar-refractivity contribution in [2.24, 2.45) is 17.8 Å². The highest BCUT2D eigenvalue weighted by atomic mass is 16.6. The number of benzene rings is 2. The number of imide groups is 1. The van der Waals surface area contributed by atoms with E-state index in [-0.39, 0.29) is 34.2 Å². The Bertz CT molecular complexity index is 1510. The van der Waals surface area contributed by atoms with Crippen LogP contribution in [0.15, 0.2) is 71.3 Å². The van der Waals surface area contributed by atoms with Gasteiger partial charge in [0, 0.05) is 23.3 Å². The zero-order valence-corrected chi connectivity index (χ0v) is 21.9. The van der Waals surface area contributed by atoms with Gasteiger partial charge in [-0.25, -0.2) is 9.80 Å². The molecule has 1 aromatic heterocycles. The minimum Gasteiger partial charge on any atom is -0.457 e. The second-order valence-electron chi connectivity index (χ2n) is 10.1. The van der Waals surface area contributed by atoms with Crippen molar-refractivity contribution in [3.8, 4) is 5.75 Å². The molecular formula is C29H25N3O9. The van der Waals surface area contributed by atoms with E-state index >= 15 is 0 Å². The largest absolute Gasteiger partial charge is 0.457 e. The molecule has 2 fully saturated rings. The highest BCUT2D eigenvalue weighted by Gasteiger charge is 2.52. The maximum atomic E-state index is 13.6. The molecule has 210 valence electrons. The van der Waals surface area contributed by atoms with Crippen molar-refractivity contribution in [2.45, 2.75) is 26.2 Å². The van der Waals surface area contributed by atoms with Crippen LogP contribution in [0.3, 0.4) is 0 Å². The van der Waals surface area contributed by atoms with Crippen molar-refractivity contribution in [2.75, 3.05) is 6.54 Å². The van der Waals surface area contributed by atoms with Crippen LogP contribution < -0.4 is 4.74 Å². The maximum absolute atomic E-state index is 13.6. The normalized spacial score (nSPS) is 19.9. The lowest BCUT2D eigenvalue weighted by Crippen LogP contribution is -2.52. The van der Waals surface area contributed by atoms with E-state index in [1.807, 2.05) is 6.92 Å². The SMILES string of the molecule is C[C@@H]1CC[C@@H]2C(=O)N(N(CC(=O)c3ccc(OC(=O)c4ccco4)cc3)C(=O)c3ccc([N+](=O)[O-])cc3)C(=O)[C@@H]2C1. The molecule has 1 aliphatic heterocycles. The van der Waals surface area contributed by atoms with Gasteiger partial charge in [0.25, 0.3) is 23.4 Å². The Morgan fingerprint density at radius 3 is 2.27 bits per heavy atom. The number of hydrogen-bond acceptors (Lipinski definition) is 9. The molecule has 3 amide bonds. The van der Waals surface area contributed by atoms with Crippen LogP contribution in [0.4, 0.5) is 5.69 Å². The van der Waals surface area contributed by atoms with Crippen molar-refractivity contribution >= 4 is 35.2 Å². The number of rotatable bonds is 8. The number of nitrogens with zero attached hydrogens (tertiary/aromatic N) is 3. The molecule has 2 aromatic carbocycles. The Morgan fingerprint density at radius 2 is 1.63 bits per heavy atom. The molecule has 0 spiro atoms. The number of carbonyl (C=O) groups is 5. The Labute approximate surface area is 233 Å². The number of Topliss-reactive ketones (excluding diaryl/α,β-unsaturated/α-hetero) is 1. The fourth-order valence-corrected chi connectivity index (χ4v) is 5.21. The van der Waals surface area contributed by atoms with Gasteiger partial charge in [-0.2, -0.15) is 5.01 Å². The summed E-state index contributed by atoms with van der Waals surface area (Å²) in [5.41, 5.74) is -0.146. The molecule has 2 heterocycles. The second-order valence-corrected chi connectivity index (χ2v) is 10.1. The monoisotopic (exact) mass is 559 g/mol. The number of hydrazine groups is 1. The quantitative estimate of drug-likeness (QED) is 0.0991. The van der Waals surface area contributed by atoms with Gasteiger partial charge < -0.3 is 9.15 Å². The number of fused-ring (bicyclic) bond motifs is 1. The Hall–Kier alpha value is -5.13. The number of nitro groups is 1. The molecule has 0 radical (unpaired) electrons. The van der Waals surface area contributed by atoms with E-state index < -0.39 is 52.8 Å². The molecule has 41 heavy (non-hydrogen) atoms. The van der Waals surface area contributed by atoms with Gasteiger partial charge >= 0.3 is 5.97 Å². The van der Waals surface area contributed by atoms with Crippen molar-refractivity contribution in [1.29, 1.82) is 0 Å². The smallest absolute Gasteiger partial charge is 0.379 e. The average Bonchev–Trinajstić information content (AvgIpc) is 3.59. The summed E-state index contributed by atoms with van der Waals surface area (Å²) in [4.78, 5) is 76.3. The van der Waals surface area contributed by atoms with Crippen LogP contribution in [0, 0.1) is 27.9 Å². The number of esters is 1. The molecule has 5 rings (SSSR count). The van der Waals surface area contributed by atoms with Crippen LogP contribution in [0.2, 0.25) is 0 Å². The number of amides is 3. The first-order chi connectivity index (χ1) is 19.6. The van der Waals surface area contributed by atoms with Crippen LogP contribution in [0.25, 0.3) is 0 Å². The minimum atomic E-state index is -0.828. The summed E-state index contributed by atoms with van der Waals surface area (Å²) in [5, 5.41) is 12.7. The molecule has 1 saturated carbocycles. The van der Waals surface area contributed by atoms with Gasteiger partial charge in [0.1, 0.15) is 12.3 Å². The summed E-state index contributed by atoms with van der Waals surface area (Å²) >= 11 is 0. The van der Waals surface area contributed by atoms with Gasteiger partial charge in [0.05, 0.1) is 23.0 Å². The Kier molecular flexibility index (Phi) is 7.47. The second kappa shape index (κ2) is 11.2. The van der Waals surface area contributed by atoms with Crippen LogP contribution in [0.1, 0.15) is 57.5 Å². The Morgan fingerprint density at radius 1 is 0.976 bits per heavy atom. The topological polar surface area (TPSA) is 157 Å². The summed E-state index contributed by atoms with van der Waals surface area (Å²) in [6.45, 7) is 1.35. The highest BCUT2D eigenvalue weighted by molar-refractivity contribution is 6.09. The van der Waals surface area contributed by atoms with Gasteiger partial charge in [-0.1, -0.05) is 6.92 Å². The maximum Gasteiger partial charge on any atom is 0.379 e. The van der Waals surface area contributed by atoms with E-state index in [2.05, 4.69) is 0 Å². The number of ether oxygens (including phenoxy) is 1. The van der Waals surface area contributed by atoms with E-state index in [0.29, 0.717) is 12.8 Å². The van der Waals surface area contributed by atoms with E-state index in [4.69, 9.17) is 9.15 Å². The number of hydrogen-bond donors (Lipinski definition) is 0. The van der Waals surface area contributed by atoms with Crippen molar-refractivity contribution < 1.29 is 38.1 Å². The molecule has 3 atom stereocenters. The zero-order valence-electron chi connectivity index (χ0n) is 21.9. The lowest BCUT2D eigenvalue weighted by Gasteiger charge is -2.30. The molecule has 0 bridgehead atoms. The van der Waals surface area contributed by atoms with Crippen LogP contribution in [-0.2, 0) is 9.59 Å². The highest BCUT2D eigenvalue weighted by Crippen LogP contribution is 2.41. The van der Waals surface area contributed by atoms with E-state index in [0.717, 1.165) is 28.6 Å². The van der Waals surface area contributed by atoms with Crippen molar-refractivity contribution in [1.82, 2.24) is 10.0 Å². The summed E-state index contributed by atoms with van der Waals surface area (Å²) in [7, 11) is 0. The Balaban J connectivity index is 1.40. The molecule has 1 saturated heterocycles. The van der Waals surface area contributed by atoms with Gasteiger partial charge in [0.2, 0.25) is 5.76 Å². The first-order valence-electron chi connectivity index (χ1n) is 13.0. The summed E-state index contributed by atoms with van der Waals surface area (Å²) in [6.07, 6.45) is 3.09. The number of furan rings is 1. The van der Waals surface area contributed by atoms with Crippen molar-refractivity contribution in [3.05, 3.63) is 93.9 Å². The summed E-state index contributed by atoms with van der Waals surface area (Å²) in [5.74, 6) is -4.03. The third-order valence-corrected chi connectivity index (χ3v) is 7.37. The van der Waals surface area contributed by atoms with E-state index in [9.17, 15) is 34.1 Å². The molecule has 2 aliphatic rings. The number of non-ortho nitro benzene ring substituents is 1. The molecule has 0 N–H and O–H groups in total. The molecule has 12 heteroatoms. The minimum absolute atomic E-state index is 0.000425. The fraction of sp³-hybridized carbons (Fsp3) is 0.276. The van der Waals surface area contributed by atoms with E-state index in [1.165, 1.54) is 54.8 Å². The number of carbonyl (C=O) groups excluding carboxylic acids is 5. The fourth-order valence-electron chi connectivity index (χ4n) is 5.21. The zero-order chi connectivity index (χ0) is 29.3. The third kappa shape index (κ3) is 5.49. The standard InChI is InChI=1S/C29H25N3O9/c1-17-4-13-22-23(15-17)28(36)31(27(22)35)30(26(34)19-5-9-20(10-6-19)32(38)39)16-24(33)18-7-11-21(12-8-18)41-29(37)25-3-2-14-40-25/h2-3,5-12,14,17,22-23H,4,13,15-16H2,1H3/t17-,22+,23-/m1/s1.